The molecular formula is C19H15Cl2NO4. The molecule has 0 spiro atoms. The maximum absolute atomic E-state index is 12.8. The fraction of sp³-hybridized carbons (Fsp3) is 0.158. The summed E-state index contributed by atoms with van der Waals surface area (Å²) in [6.45, 7) is 0.0460. The SMILES string of the molecule is COc1ccc(C2=C(Cl)C(=O)N(Cc3ccccc3Cl)C2=O)cc1OC. The third kappa shape index (κ3) is 3.16. The Balaban J connectivity index is 1.96. The molecular weight excluding hydrogens is 377 g/mol. The summed E-state index contributed by atoms with van der Waals surface area (Å²) in [4.78, 5) is 26.4. The van der Waals surface area contributed by atoms with Gasteiger partial charge in [0.1, 0.15) is 5.03 Å². The van der Waals surface area contributed by atoms with Crippen molar-refractivity contribution in [3.8, 4) is 11.5 Å². The second kappa shape index (κ2) is 7.40. The Morgan fingerprint density at radius 1 is 0.923 bits per heavy atom. The zero-order chi connectivity index (χ0) is 18.8. The molecule has 0 atom stereocenters. The van der Waals surface area contributed by atoms with Crippen LogP contribution in [0.3, 0.4) is 0 Å². The first kappa shape index (κ1) is 18.3. The Hall–Kier alpha value is -2.50. The average molecular weight is 392 g/mol. The molecule has 26 heavy (non-hydrogen) atoms. The molecule has 1 aliphatic rings. The Labute approximate surface area is 160 Å². The maximum atomic E-state index is 12.8. The van der Waals surface area contributed by atoms with E-state index in [4.69, 9.17) is 32.7 Å². The van der Waals surface area contributed by atoms with E-state index in [1.54, 1.807) is 42.5 Å². The molecule has 0 aliphatic carbocycles. The number of imide groups is 1. The van der Waals surface area contributed by atoms with E-state index >= 15 is 0 Å². The summed E-state index contributed by atoms with van der Waals surface area (Å²) in [6.07, 6.45) is 0. The van der Waals surface area contributed by atoms with Gasteiger partial charge in [-0.1, -0.05) is 47.5 Å². The molecule has 2 aromatic rings. The number of methoxy groups -OCH3 is 2. The van der Waals surface area contributed by atoms with E-state index in [1.165, 1.54) is 14.2 Å². The third-order valence-electron chi connectivity index (χ3n) is 4.07. The number of nitrogens with zero attached hydrogens (tertiary/aromatic N) is 1. The zero-order valence-electron chi connectivity index (χ0n) is 14.1. The number of carbonyl (C=O) groups is 2. The highest BCUT2D eigenvalue weighted by Gasteiger charge is 2.38. The molecule has 5 nitrogen and oxygen atoms in total. The van der Waals surface area contributed by atoms with Gasteiger partial charge < -0.3 is 9.47 Å². The molecule has 1 heterocycles. The lowest BCUT2D eigenvalue weighted by Gasteiger charge is -2.16. The fourth-order valence-electron chi connectivity index (χ4n) is 2.73. The van der Waals surface area contributed by atoms with E-state index in [9.17, 15) is 9.59 Å². The van der Waals surface area contributed by atoms with Crippen molar-refractivity contribution >= 4 is 40.6 Å². The summed E-state index contributed by atoms with van der Waals surface area (Å²) in [6, 6.07) is 11.9. The van der Waals surface area contributed by atoms with Gasteiger partial charge >= 0.3 is 0 Å². The number of carbonyl (C=O) groups excluding carboxylic acids is 2. The summed E-state index contributed by atoms with van der Waals surface area (Å²) in [7, 11) is 3.00. The van der Waals surface area contributed by atoms with Crippen molar-refractivity contribution in [3.05, 3.63) is 63.6 Å². The molecule has 0 radical (unpaired) electrons. The lowest BCUT2D eigenvalue weighted by Crippen LogP contribution is -2.30. The average Bonchev–Trinajstić information content (AvgIpc) is 2.86. The van der Waals surface area contributed by atoms with Crippen LogP contribution in [-0.2, 0) is 16.1 Å². The van der Waals surface area contributed by atoms with Crippen molar-refractivity contribution in [3.63, 3.8) is 0 Å². The molecule has 0 saturated heterocycles. The number of benzene rings is 2. The predicted octanol–water partition coefficient (Wildman–Crippen LogP) is 3.88. The minimum Gasteiger partial charge on any atom is -0.493 e. The van der Waals surface area contributed by atoms with Crippen molar-refractivity contribution in [1.29, 1.82) is 0 Å². The Kier molecular flexibility index (Phi) is 5.20. The van der Waals surface area contributed by atoms with Crippen LogP contribution in [0.15, 0.2) is 47.5 Å². The van der Waals surface area contributed by atoms with Crippen molar-refractivity contribution in [2.45, 2.75) is 6.54 Å². The van der Waals surface area contributed by atoms with Crippen LogP contribution in [0.1, 0.15) is 11.1 Å². The van der Waals surface area contributed by atoms with Crippen LogP contribution < -0.4 is 9.47 Å². The molecule has 0 fully saturated rings. The van der Waals surface area contributed by atoms with E-state index in [0.717, 1.165) is 4.90 Å². The minimum atomic E-state index is -0.554. The topological polar surface area (TPSA) is 55.8 Å². The van der Waals surface area contributed by atoms with Crippen LogP contribution in [-0.4, -0.2) is 30.9 Å². The van der Waals surface area contributed by atoms with E-state index in [1.807, 2.05) is 0 Å². The van der Waals surface area contributed by atoms with Crippen LogP contribution >= 0.6 is 23.2 Å². The lowest BCUT2D eigenvalue weighted by molar-refractivity contribution is -0.137. The summed E-state index contributed by atoms with van der Waals surface area (Å²) >= 11 is 12.3. The number of amides is 2. The van der Waals surface area contributed by atoms with Crippen molar-refractivity contribution in [1.82, 2.24) is 4.90 Å². The van der Waals surface area contributed by atoms with Crippen LogP contribution in [0, 0.1) is 0 Å². The minimum absolute atomic E-state index is 0.0460. The molecule has 2 amide bonds. The second-order valence-electron chi connectivity index (χ2n) is 5.55. The molecule has 0 N–H and O–H groups in total. The number of rotatable bonds is 5. The van der Waals surface area contributed by atoms with E-state index in [-0.39, 0.29) is 17.2 Å². The molecule has 0 unspecified atom stereocenters. The normalized spacial score (nSPS) is 14.2. The zero-order valence-corrected chi connectivity index (χ0v) is 15.6. The van der Waals surface area contributed by atoms with Gasteiger partial charge in [0, 0.05) is 5.02 Å². The number of halogens is 2. The molecule has 0 bridgehead atoms. The third-order valence-corrected chi connectivity index (χ3v) is 4.79. The molecule has 134 valence electrons. The number of hydrogen-bond donors (Lipinski definition) is 0. The van der Waals surface area contributed by atoms with Crippen LogP contribution in [0.25, 0.3) is 5.57 Å². The smallest absolute Gasteiger partial charge is 0.273 e. The quantitative estimate of drug-likeness (QED) is 0.725. The summed E-state index contributed by atoms with van der Waals surface area (Å²) in [5.41, 5.74) is 1.27. The van der Waals surface area contributed by atoms with Gasteiger partial charge in [0.25, 0.3) is 11.8 Å². The predicted molar refractivity (Wildman–Crippen MR) is 99.3 cm³/mol. The standard InChI is InChI=1S/C19H15Cl2NO4/c1-25-14-8-7-11(9-15(14)26-2)16-17(21)19(24)22(18(16)23)10-12-5-3-4-6-13(12)20/h3-9H,10H2,1-2H3. The lowest BCUT2D eigenvalue weighted by atomic mass is 10.1. The molecule has 3 rings (SSSR count). The van der Waals surface area contributed by atoms with Crippen molar-refractivity contribution < 1.29 is 19.1 Å². The number of hydrogen-bond acceptors (Lipinski definition) is 4. The van der Waals surface area contributed by atoms with Crippen LogP contribution in [0.5, 0.6) is 11.5 Å². The van der Waals surface area contributed by atoms with Gasteiger partial charge in [0.15, 0.2) is 11.5 Å². The Morgan fingerprint density at radius 2 is 1.62 bits per heavy atom. The summed E-state index contributed by atoms with van der Waals surface area (Å²) in [5.74, 6) is -0.0852. The van der Waals surface area contributed by atoms with Crippen molar-refractivity contribution in [2.75, 3.05) is 14.2 Å². The first-order valence-electron chi connectivity index (χ1n) is 7.69. The van der Waals surface area contributed by atoms with Gasteiger partial charge in [-0.3, -0.25) is 14.5 Å². The molecule has 1 aliphatic heterocycles. The van der Waals surface area contributed by atoms with E-state index in [0.29, 0.717) is 27.6 Å². The summed E-state index contributed by atoms with van der Waals surface area (Å²) in [5, 5.41) is 0.345. The maximum Gasteiger partial charge on any atom is 0.273 e. The second-order valence-corrected chi connectivity index (χ2v) is 6.33. The highest BCUT2D eigenvalue weighted by Crippen LogP contribution is 2.37. The van der Waals surface area contributed by atoms with Gasteiger partial charge in [-0.05, 0) is 29.3 Å². The highest BCUT2D eigenvalue weighted by molar-refractivity contribution is 6.55. The van der Waals surface area contributed by atoms with Gasteiger partial charge in [-0.15, -0.1) is 0 Å². The van der Waals surface area contributed by atoms with Gasteiger partial charge in [0.05, 0.1) is 26.3 Å². The molecule has 2 aromatic carbocycles. The van der Waals surface area contributed by atoms with Gasteiger partial charge in [-0.25, -0.2) is 0 Å². The van der Waals surface area contributed by atoms with E-state index < -0.39 is 11.8 Å². The summed E-state index contributed by atoms with van der Waals surface area (Å²) < 4.78 is 10.4. The van der Waals surface area contributed by atoms with Gasteiger partial charge in [0.2, 0.25) is 0 Å². The van der Waals surface area contributed by atoms with E-state index in [2.05, 4.69) is 0 Å². The fourth-order valence-corrected chi connectivity index (χ4v) is 3.22. The highest BCUT2D eigenvalue weighted by atomic mass is 35.5. The van der Waals surface area contributed by atoms with Crippen LogP contribution in [0.2, 0.25) is 5.02 Å². The largest absolute Gasteiger partial charge is 0.493 e. The van der Waals surface area contributed by atoms with Gasteiger partial charge in [-0.2, -0.15) is 0 Å². The molecule has 0 saturated carbocycles. The first-order chi connectivity index (χ1) is 12.5. The molecule has 7 heteroatoms. The molecule has 0 aromatic heterocycles. The first-order valence-corrected chi connectivity index (χ1v) is 8.45. The van der Waals surface area contributed by atoms with Crippen LogP contribution in [0.4, 0.5) is 0 Å². The number of ether oxygens (including phenoxy) is 2. The Bertz CT molecular complexity index is 924. The monoisotopic (exact) mass is 391 g/mol. The Morgan fingerprint density at radius 3 is 2.27 bits per heavy atom. The van der Waals surface area contributed by atoms with Crippen molar-refractivity contribution in [2.24, 2.45) is 0 Å².